The quantitative estimate of drug-likeness (QED) is 0.439. The van der Waals surface area contributed by atoms with Crippen LogP contribution in [0.5, 0.6) is 0 Å². The van der Waals surface area contributed by atoms with Crippen molar-refractivity contribution in [2.45, 2.75) is 0 Å². The number of hydrogen-bond acceptors (Lipinski definition) is 6. The lowest BCUT2D eigenvalue weighted by molar-refractivity contribution is 0.103. The minimum Gasteiger partial charge on any atom is -0.507 e. The number of carbonyl (C=O) groups is 1. The minimum absolute atomic E-state index is 0.0851. The summed E-state index contributed by atoms with van der Waals surface area (Å²) in [5.41, 5.74) is 2.44. The predicted octanol–water partition coefficient (Wildman–Crippen LogP) is 2.71. The topological polar surface area (TPSA) is 91.8 Å². The Labute approximate surface area is 123 Å². The number of carbonyl (C=O) groups excluding carboxylic acids is 1. The summed E-state index contributed by atoms with van der Waals surface area (Å²) in [5, 5.41) is 26.6. The molecule has 7 heteroatoms. The summed E-state index contributed by atoms with van der Waals surface area (Å²) >= 11 is 1.45. The first kappa shape index (κ1) is 13.2. The van der Waals surface area contributed by atoms with Crippen molar-refractivity contribution >= 4 is 22.9 Å². The molecule has 2 N–H and O–H groups in total. The third kappa shape index (κ3) is 2.72. The maximum atomic E-state index is 11.8. The Balaban J connectivity index is 1.95. The van der Waals surface area contributed by atoms with E-state index in [2.05, 4.69) is 20.6 Å². The van der Waals surface area contributed by atoms with Crippen LogP contribution >= 0.6 is 11.3 Å². The monoisotopic (exact) mass is 298 g/mol. The number of hydrogen-bond donors (Lipinski definition) is 2. The number of aliphatic hydroxyl groups is 1. The first-order valence-corrected chi connectivity index (χ1v) is 7.00. The van der Waals surface area contributed by atoms with Gasteiger partial charge in [-0.1, -0.05) is 30.3 Å². The smallest absolute Gasteiger partial charge is 0.244 e. The Bertz CT molecular complexity index is 778. The second-order valence-corrected chi connectivity index (χ2v) is 4.94. The number of benzene rings is 1. The van der Waals surface area contributed by atoms with Crippen molar-refractivity contribution in [2.75, 3.05) is 0 Å². The molecule has 0 spiro atoms. The number of ketones is 1. The molecule has 0 aliphatic heterocycles. The lowest BCUT2D eigenvalue weighted by Gasteiger charge is -2.03. The van der Waals surface area contributed by atoms with Crippen LogP contribution in [0.25, 0.3) is 16.9 Å². The van der Waals surface area contributed by atoms with E-state index < -0.39 is 5.78 Å². The van der Waals surface area contributed by atoms with Crippen LogP contribution in [0.15, 0.2) is 47.2 Å². The van der Waals surface area contributed by atoms with E-state index in [0.717, 1.165) is 17.2 Å². The van der Waals surface area contributed by atoms with Gasteiger partial charge >= 0.3 is 0 Å². The normalized spacial score (nSPS) is 11.5. The van der Waals surface area contributed by atoms with E-state index in [1.54, 1.807) is 5.38 Å². The molecule has 21 heavy (non-hydrogen) atoms. The Morgan fingerprint density at radius 2 is 2.05 bits per heavy atom. The maximum Gasteiger partial charge on any atom is 0.244 e. The number of rotatable bonds is 4. The Kier molecular flexibility index (Phi) is 3.57. The van der Waals surface area contributed by atoms with Crippen LogP contribution in [0.4, 0.5) is 0 Å². The molecule has 0 saturated carbocycles. The number of thiophene rings is 1. The van der Waals surface area contributed by atoms with Gasteiger partial charge in [-0.15, -0.1) is 10.2 Å². The Morgan fingerprint density at radius 3 is 2.76 bits per heavy atom. The number of tetrazole rings is 1. The fraction of sp³-hybridized carbons (Fsp3) is 0. The van der Waals surface area contributed by atoms with Crippen molar-refractivity contribution in [1.82, 2.24) is 20.6 Å². The number of H-pyrrole nitrogens is 1. The standard InChI is InChI=1S/C14H10N4O2S/c19-12(6-13(20)14-15-17-18-16-14)11-8-21-7-10(11)9-4-2-1-3-5-9/h1-8,19H,(H,15,16,17,18). The first-order valence-electron chi connectivity index (χ1n) is 6.06. The van der Waals surface area contributed by atoms with E-state index in [9.17, 15) is 9.90 Å². The molecule has 0 aliphatic rings. The molecule has 3 rings (SSSR count). The number of aliphatic hydroxyl groups excluding tert-OH is 1. The molecule has 104 valence electrons. The van der Waals surface area contributed by atoms with Gasteiger partial charge in [0, 0.05) is 22.6 Å². The highest BCUT2D eigenvalue weighted by atomic mass is 32.1. The first-order chi connectivity index (χ1) is 10.3. The second kappa shape index (κ2) is 5.68. The largest absolute Gasteiger partial charge is 0.507 e. The zero-order valence-electron chi connectivity index (χ0n) is 10.7. The van der Waals surface area contributed by atoms with Crippen LogP contribution in [0.3, 0.4) is 0 Å². The van der Waals surface area contributed by atoms with Gasteiger partial charge in [0.05, 0.1) is 0 Å². The number of aromatic amines is 1. The van der Waals surface area contributed by atoms with Gasteiger partial charge in [0.2, 0.25) is 11.6 Å². The highest BCUT2D eigenvalue weighted by Crippen LogP contribution is 2.31. The lowest BCUT2D eigenvalue weighted by Crippen LogP contribution is -1.99. The molecule has 1 aromatic carbocycles. The van der Waals surface area contributed by atoms with Gasteiger partial charge in [-0.3, -0.25) is 4.79 Å². The summed E-state index contributed by atoms with van der Waals surface area (Å²) in [6.45, 7) is 0. The summed E-state index contributed by atoms with van der Waals surface area (Å²) in [6, 6.07) is 9.65. The minimum atomic E-state index is -0.508. The van der Waals surface area contributed by atoms with E-state index in [1.807, 2.05) is 35.7 Å². The van der Waals surface area contributed by atoms with Gasteiger partial charge in [-0.25, -0.2) is 0 Å². The molecule has 0 fully saturated rings. The molecule has 0 radical (unpaired) electrons. The molecule has 0 unspecified atom stereocenters. The van der Waals surface area contributed by atoms with E-state index in [1.165, 1.54) is 11.3 Å². The lowest BCUT2D eigenvalue weighted by atomic mass is 10.0. The molecule has 0 atom stereocenters. The Morgan fingerprint density at radius 1 is 1.24 bits per heavy atom. The zero-order chi connectivity index (χ0) is 14.7. The number of nitrogens with one attached hydrogen (secondary N) is 1. The summed E-state index contributed by atoms with van der Waals surface area (Å²) < 4.78 is 0. The molecule has 0 amide bonds. The van der Waals surface area contributed by atoms with E-state index in [0.29, 0.717) is 5.56 Å². The average Bonchev–Trinajstić information content (AvgIpc) is 3.19. The fourth-order valence-corrected chi connectivity index (χ4v) is 2.72. The molecule has 0 aliphatic carbocycles. The number of aromatic nitrogens is 4. The van der Waals surface area contributed by atoms with Crippen LogP contribution in [0, 0.1) is 0 Å². The van der Waals surface area contributed by atoms with E-state index >= 15 is 0 Å². The van der Waals surface area contributed by atoms with Crippen molar-refractivity contribution in [3.05, 3.63) is 58.6 Å². The van der Waals surface area contributed by atoms with Crippen molar-refractivity contribution in [1.29, 1.82) is 0 Å². The van der Waals surface area contributed by atoms with Crippen LogP contribution in [-0.4, -0.2) is 31.5 Å². The molecule has 6 nitrogen and oxygen atoms in total. The molecular formula is C14H10N4O2S. The molecule has 0 bridgehead atoms. The van der Waals surface area contributed by atoms with Gasteiger partial charge in [0.15, 0.2) is 0 Å². The summed E-state index contributed by atoms with van der Waals surface area (Å²) in [7, 11) is 0. The molecule has 0 saturated heterocycles. The number of nitrogens with zero attached hydrogens (tertiary/aromatic N) is 3. The maximum absolute atomic E-state index is 11.8. The molecule has 2 aromatic heterocycles. The van der Waals surface area contributed by atoms with Crippen molar-refractivity contribution < 1.29 is 9.90 Å². The predicted molar refractivity (Wildman–Crippen MR) is 78.9 cm³/mol. The van der Waals surface area contributed by atoms with Gasteiger partial charge in [0.25, 0.3) is 0 Å². The second-order valence-electron chi connectivity index (χ2n) is 4.19. The molecule has 3 aromatic rings. The van der Waals surface area contributed by atoms with Gasteiger partial charge in [-0.2, -0.15) is 16.6 Å². The third-order valence-corrected chi connectivity index (χ3v) is 3.60. The summed E-state index contributed by atoms with van der Waals surface area (Å²) in [6.07, 6.45) is 1.10. The third-order valence-electron chi connectivity index (χ3n) is 2.86. The summed E-state index contributed by atoms with van der Waals surface area (Å²) in [5.74, 6) is -0.714. The highest BCUT2D eigenvalue weighted by molar-refractivity contribution is 7.08. The van der Waals surface area contributed by atoms with Crippen LogP contribution in [0.1, 0.15) is 16.2 Å². The van der Waals surface area contributed by atoms with Gasteiger partial charge in [0.1, 0.15) is 5.76 Å². The fourth-order valence-electron chi connectivity index (χ4n) is 1.87. The van der Waals surface area contributed by atoms with Gasteiger partial charge < -0.3 is 5.11 Å². The van der Waals surface area contributed by atoms with Crippen molar-refractivity contribution in [2.24, 2.45) is 0 Å². The van der Waals surface area contributed by atoms with E-state index in [4.69, 9.17) is 0 Å². The average molecular weight is 298 g/mol. The molecular weight excluding hydrogens is 288 g/mol. The van der Waals surface area contributed by atoms with Crippen LogP contribution in [0.2, 0.25) is 0 Å². The van der Waals surface area contributed by atoms with Crippen molar-refractivity contribution in [3.8, 4) is 11.1 Å². The number of allylic oxidation sites excluding steroid dienone is 1. The van der Waals surface area contributed by atoms with Gasteiger partial charge in [-0.05, 0) is 16.2 Å². The Hall–Kier alpha value is -2.80. The SMILES string of the molecule is O=C(C=C(O)c1cscc1-c1ccccc1)c1nn[nH]n1. The molecule has 2 heterocycles. The van der Waals surface area contributed by atoms with E-state index in [-0.39, 0.29) is 11.6 Å². The van der Waals surface area contributed by atoms with Crippen LogP contribution < -0.4 is 0 Å². The summed E-state index contributed by atoms with van der Waals surface area (Å²) in [4.78, 5) is 11.8. The van der Waals surface area contributed by atoms with Crippen LogP contribution in [-0.2, 0) is 0 Å². The van der Waals surface area contributed by atoms with Crippen molar-refractivity contribution in [3.63, 3.8) is 0 Å². The zero-order valence-corrected chi connectivity index (χ0v) is 11.5. The highest BCUT2D eigenvalue weighted by Gasteiger charge is 2.14.